The highest BCUT2D eigenvalue weighted by Crippen LogP contribution is 2.24. The van der Waals surface area contributed by atoms with E-state index in [1.54, 1.807) is 6.21 Å². The SMILES string of the molecule is CCc1oc2ccccc2c1/C=N\NC(=S)NCCN1CCOCC1. The molecule has 0 unspecified atom stereocenters. The van der Waals surface area contributed by atoms with E-state index in [0.717, 1.165) is 68.1 Å². The van der Waals surface area contributed by atoms with Crippen molar-refractivity contribution in [2.45, 2.75) is 13.3 Å². The first-order chi connectivity index (χ1) is 12.3. The Bertz CT molecular complexity index is 738. The predicted octanol–water partition coefficient (Wildman–Crippen LogP) is 2.13. The zero-order chi connectivity index (χ0) is 17.5. The second-order valence-electron chi connectivity index (χ2n) is 5.87. The average molecular weight is 360 g/mol. The molecule has 0 amide bonds. The van der Waals surface area contributed by atoms with Gasteiger partial charge in [-0.15, -0.1) is 0 Å². The van der Waals surface area contributed by atoms with Crippen LogP contribution in [0.5, 0.6) is 0 Å². The normalized spacial score (nSPS) is 15.7. The molecule has 2 N–H and O–H groups in total. The highest BCUT2D eigenvalue weighted by Gasteiger charge is 2.11. The fourth-order valence-corrected chi connectivity index (χ4v) is 3.02. The summed E-state index contributed by atoms with van der Waals surface area (Å²) in [5.74, 6) is 0.929. The highest BCUT2D eigenvalue weighted by atomic mass is 32.1. The van der Waals surface area contributed by atoms with E-state index >= 15 is 0 Å². The maximum Gasteiger partial charge on any atom is 0.187 e. The third kappa shape index (κ3) is 4.78. The Labute approximate surface area is 153 Å². The molecule has 0 aliphatic carbocycles. The molecule has 134 valence electrons. The van der Waals surface area contributed by atoms with Gasteiger partial charge in [0.15, 0.2) is 5.11 Å². The van der Waals surface area contributed by atoms with Gasteiger partial charge >= 0.3 is 0 Å². The van der Waals surface area contributed by atoms with E-state index in [2.05, 4.69) is 27.7 Å². The van der Waals surface area contributed by atoms with Gasteiger partial charge in [0.25, 0.3) is 0 Å². The number of aryl methyl sites for hydroxylation is 1. The summed E-state index contributed by atoms with van der Waals surface area (Å²) < 4.78 is 11.2. The van der Waals surface area contributed by atoms with Crippen LogP contribution in [0.4, 0.5) is 0 Å². The largest absolute Gasteiger partial charge is 0.460 e. The smallest absolute Gasteiger partial charge is 0.187 e. The van der Waals surface area contributed by atoms with Crippen LogP contribution in [0.1, 0.15) is 18.2 Å². The molecule has 2 heterocycles. The Morgan fingerprint density at radius 2 is 2.12 bits per heavy atom. The number of morpholine rings is 1. The van der Waals surface area contributed by atoms with Crippen LogP contribution in [-0.2, 0) is 11.2 Å². The Hall–Kier alpha value is -1.96. The van der Waals surface area contributed by atoms with Crippen LogP contribution in [0, 0.1) is 0 Å². The molecule has 1 fully saturated rings. The number of thiocarbonyl (C=S) groups is 1. The van der Waals surface area contributed by atoms with Gasteiger partial charge in [-0.05, 0) is 18.3 Å². The zero-order valence-corrected chi connectivity index (χ0v) is 15.3. The number of para-hydroxylation sites is 1. The molecule has 25 heavy (non-hydrogen) atoms. The maximum absolute atomic E-state index is 5.85. The summed E-state index contributed by atoms with van der Waals surface area (Å²) in [5.41, 5.74) is 4.76. The molecule has 1 aromatic heterocycles. The second kappa shape index (κ2) is 8.94. The number of ether oxygens (including phenoxy) is 1. The van der Waals surface area contributed by atoms with Crippen LogP contribution in [0.15, 0.2) is 33.8 Å². The van der Waals surface area contributed by atoms with Crippen LogP contribution in [0.3, 0.4) is 0 Å². The summed E-state index contributed by atoms with van der Waals surface area (Å²) in [5, 5.41) is 9.03. The molecule has 0 saturated carbocycles. The number of nitrogens with one attached hydrogen (secondary N) is 2. The summed E-state index contributed by atoms with van der Waals surface area (Å²) in [6, 6.07) is 7.98. The Balaban J connectivity index is 1.50. The van der Waals surface area contributed by atoms with E-state index in [4.69, 9.17) is 21.4 Å². The van der Waals surface area contributed by atoms with Crippen molar-refractivity contribution in [1.82, 2.24) is 15.6 Å². The van der Waals surface area contributed by atoms with Crippen molar-refractivity contribution in [3.05, 3.63) is 35.6 Å². The zero-order valence-electron chi connectivity index (χ0n) is 14.5. The summed E-state index contributed by atoms with van der Waals surface area (Å²) in [4.78, 5) is 2.35. The van der Waals surface area contributed by atoms with Crippen molar-refractivity contribution in [2.24, 2.45) is 5.10 Å². The van der Waals surface area contributed by atoms with Gasteiger partial charge in [-0.2, -0.15) is 5.10 Å². The molecular weight excluding hydrogens is 336 g/mol. The number of nitrogens with zero attached hydrogens (tertiary/aromatic N) is 2. The molecule has 1 saturated heterocycles. The molecule has 1 aliphatic rings. The van der Waals surface area contributed by atoms with Crippen LogP contribution in [0.2, 0.25) is 0 Å². The molecule has 0 spiro atoms. The van der Waals surface area contributed by atoms with Crippen molar-refractivity contribution in [1.29, 1.82) is 0 Å². The maximum atomic E-state index is 5.85. The molecule has 0 bridgehead atoms. The quantitative estimate of drug-likeness (QED) is 0.467. The summed E-state index contributed by atoms with van der Waals surface area (Å²) in [7, 11) is 0. The number of benzene rings is 1. The Kier molecular flexibility index (Phi) is 6.38. The van der Waals surface area contributed by atoms with Crippen LogP contribution in [0.25, 0.3) is 11.0 Å². The number of hydrogen-bond donors (Lipinski definition) is 2. The van der Waals surface area contributed by atoms with Crippen LogP contribution < -0.4 is 10.7 Å². The van der Waals surface area contributed by atoms with Crippen molar-refractivity contribution in [3.63, 3.8) is 0 Å². The first-order valence-electron chi connectivity index (χ1n) is 8.65. The van der Waals surface area contributed by atoms with Gasteiger partial charge in [-0.3, -0.25) is 10.3 Å². The Morgan fingerprint density at radius 3 is 2.92 bits per heavy atom. The lowest BCUT2D eigenvalue weighted by Crippen LogP contribution is -2.42. The van der Waals surface area contributed by atoms with Gasteiger partial charge in [0.05, 0.1) is 19.4 Å². The molecule has 6 nitrogen and oxygen atoms in total. The highest BCUT2D eigenvalue weighted by molar-refractivity contribution is 7.80. The van der Waals surface area contributed by atoms with Gasteiger partial charge in [0, 0.05) is 43.5 Å². The van der Waals surface area contributed by atoms with Crippen molar-refractivity contribution >= 4 is 34.5 Å². The minimum absolute atomic E-state index is 0.523. The van der Waals surface area contributed by atoms with Gasteiger partial charge in [0.2, 0.25) is 0 Å². The average Bonchev–Trinajstić information content (AvgIpc) is 3.01. The number of furan rings is 1. The monoisotopic (exact) mass is 360 g/mol. The summed E-state index contributed by atoms with van der Waals surface area (Å²) in [6.45, 7) is 7.38. The number of fused-ring (bicyclic) bond motifs is 1. The standard InChI is InChI=1S/C18H24N4O2S/c1-2-16-15(14-5-3-4-6-17(14)24-16)13-20-21-18(25)19-7-8-22-9-11-23-12-10-22/h3-6,13H,2,7-12H2,1H3,(H2,19,21,25)/b20-13-. The molecule has 1 aliphatic heterocycles. The van der Waals surface area contributed by atoms with E-state index in [0.29, 0.717) is 5.11 Å². The van der Waals surface area contributed by atoms with Crippen LogP contribution in [-0.4, -0.2) is 55.6 Å². The van der Waals surface area contributed by atoms with Crippen LogP contribution >= 0.6 is 12.2 Å². The van der Waals surface area contributed by atoms with Gasteiger partial charge in [-0.1, -0.05) is 25.1 Å². The van der Waals surface area contributed by atoms with E-state index in [9.17, 15) is 0 Å². The molecule has 0 radical (unpaired) electrons. The third-order valence-corrected chi connectivity index (χ3v) is 4.44. The topological polar surface area (TPSA) is 62.0 Å². The van der Waals surface area contributed by atoms with E-state index in [-0.39, 0.29) is 0 Å². The summed E-state index contributed by atoms with van der Waals surface area (Å²) in [6.07, 6.45) is 2.60. The Morgan fingerprint density at radius 1 is 1.32 bits per heavy atom. The van der Waals surface area contributed by atoms with E-state index in [1.807, 2.05) is 24.3 Å². The van der Waals surface area contributed by atoms with Crippen molar-refractivity contribution in [3.8, 4) is 0 Å². The lowest BCUT2D eigenvalue weighted by atomic mass is 10.1. The minimum Gasteiger partial charge on any atom is -0.460 e. The fourth-order valence-electron chi connectivity index (χ4n) is 2.87. The molecule has 1 aromatic carbocycles. The van der Waals surface area contributed by atoms with E-state index < -0.39 is 0 Å². The third-order valence-electron chi connectivity index (χ3n) is 4.21. The number of rotatable bonds is 6. The molecule has 3 rings (SSSR count). The summed E-state index contributed by atoms with van der Waals surface area (Å²) >= 11 is 5.27. The van der Waals surface area contributed by atoms with Crippen molar-refractivity contribution in [2.75, 3.05) is 39.4 Å². The lowest BCUT2D eigenvalue weighted by molar-refractivity contribution is 0.0389. The number of hydrazone groups is 1. The molecular formula is C18H24N4O2S. The first-order valence-corrected chi connectivity index (χ1v) is 9.06. The number of hydrogen-bond acceptors (Lipinski definition) is 5. The fraction of sp³-hybridized carbons (Fsp3) is 0.444. The van der Waals surface area contributed by atoms with Gasteiger partial charge in [-0.25, -0.2) is 0 Å². The molecule has 0 atom stereocenters. The second-order valence-corrected chi connectivity index (χ2v) is 6.28. The van der Waals surface area contributed by atoms with Crippen molar-refractivity contribution < 1.29 is 9.15 Å². The van der Waals surface area contributed by atoms with Gasteiger partial charge in [0.1, 0.15) is 11.3 Å². The molecule has 7 heteroatoms. The first kappa shape index (κ1) is 17.8. The lowest BCUT2D eigenvalue weighted by Gasteiger charge is -2.26. The van der Waals surface area contributed by atoms with E-state index in [1.165, 1.54) is 0 Å². The predicted molar refractivity (Wildman–Crippen MR) is 104 cm³/mol. The van der Waals surface area contributed by atoms with Gasteiger partial charge < -0.3 is 14.5 Å². The minimum atomic E-state index is 0.523. The molecule has 2 aromatic rings.